The molecule has 0 aromatic rings. The molecule has 0 heterocycles. The molecule has 17 heavy (non-hydrogen) atoms. The molecule has 0 aliphatic heterocycles. The summed E-state index contributed by atoms with van der Waals surface area (Å²) in [6.07, 6.45) is -3.38. The third-order valence-electron chi connectivity index (χ3n) is 2.31. The second-order valence-electron chi connectivity index (χ2n) is 5.29. The van der Waals surface area contributed by atoms with Crippen LogP contribution >= 0.6 is 0 Å². The highest BCUT2D eigenvalue weighted by Crippen LogP contribution is 2.22. The lowest BCUT2D eigenvalue weighted by Gasteiger charge is -2.20. The van der Waals surface area contributed by atoms with Crippen molar-refractivity contribution in [3.05, 3.63) is 0 Å². The lowest BCUT2D eigenvalue weighted by Crippen LogP contribution is -2.36. The highest BCUT2D eigenvalue weighted by Gasteiger charge is 2.36. The number of hydrogen-bond donors (Lipinski definition) is 1. The van der Waals surface area contributed by atoms with E-state index in [2.05, 4.69) is 26.1 Å². The van der Waals surface area contributed by atoms with Gasteiger partial charge in [0, 0.05) is 12.1 Å². The van der Waals surface area contributed by atoms with E-state index < -0.39 is 12.3 Å². The van der Waals surface area contributed by atoms with Gasteiger partial charge in [0.05, 0.1) is 0 Å². The molecular weight excluding hydrogens is 231 g/mol. The maximum Gasteiger partial charge on any atom is 0.414 e. The Kier molecular flexibility index (Phi) is 7.09. The van der Waals surface area contributed by atoms with Crippen molar-refractivity contribution in [3.63, 3.8) is 0 Å². The van der Waals surface area contributed by atoms with E-state index in [1.54, 1.807) is 0 Å². The van der Waals surface area contributed by atoms with Crippen LogP contribution in [0.25, 0.3) is 0 Å². The zero-order chi connectivity index (χ0) is 13.5. The van der Waals surface area contributed by atoms with Crippen molar-refractivity contribution in [1.82, 2.24) is 5.32 Å². The van der Waals surface area contributed by atoms with E-state index >= 15 is 0 Å². The summed E-state index contributed by atoms with van der Waals surface area (Å²) >= 11 is 0. The summed E-state index contributed by atoms with van der Waals surface area (Å²) in [5.74, 6) is 0. The molecule has 0 saturated carbocycles. The molecule has 5 heteroatoms. The molecule has 0 bridgehead atoms. The molecule has 0 spiro atoms. The quantitative estimate of drug-likeness (QED) is 0.703. The first kappa shape index (κ1) is 16.7. The van der Waals surface area contributed by atoms with Crippen LogP contribution in [0.3, 0.4) is 0 Å². The molecule has 0 aliphatic carbocycles. The molecule has 1 unspecified atom stereocenters. The van der Waals surface area contributed by atoms with Crippen LogP contribution in [-0.2, 0) is 4.74 Å². The molecule has 0 fully saturated rings. The van der Waals surface area contributed by atoms with Crippen LogP contribution in [0.1, 0.15) is 47.0 Å². The van der Waals surface area contributed by atoms with Crippen molar-refractivity contribution in [2.45, 2.75) is 64.8 Å². The first-order chi connectivity index (χ1) is 7.63. The molecular formula is C12H24F3NO. The third kappa shape index (κ3) is 10.6. The van der Waals surface area contributed by atoms with Crippen molar-refractivity contribution in [2.75, 3.05) is 13.2 Å². The first-order valence-corrected chi connectivity index (χ1v) is 6.06. The van der Waals surface area contributed by atoms with Crippen molar-refractivity contribution in [2.24, 2.45) is 0 Å². The normalized spacial score (nSPS) is 15.0. The Bertz CT molecular complexity index is 199. The van der Waals surface area contributed by atoms with Crippen molar-refractivity contribution < 1.29 is 17.9 Å². The molecule has 2 nitrogen and oxygen atoms in total. The summed E-state index contributed by atoms with van der Waals surface area (Å²) < 4.78 is 40.9. The third-order valence-corrected chi connectivity index (χ3v) is 2.31. The van der Waals surface area contributed by atoms with Gasteiger partial charge in [0.25, 0.3) is 0 Å². The van der Waals surface area contributed by atoms with Crippen LogP contribution < -0.4 is 5.32 Å². The Balaban J connectivity index is 3.36. The van der Waals surface area contributed by atoms with E-state index in [1.807, 2.05) is 0 Å². The fourth-order valence-electron chi connectivity index (χ4n) is 1.22. The maximum absolute atomic E-state index is 12.1. The number of alkyl halides is 3. The minimum absolute atomic E-state index is 0.0985. The summed E-state index contributed by atoms with van der Waals surface area (Å²) in [6, 6.07) is 0. The topological polar surface area (TPSA) is 21.3 Å². The van der Waals surface area contributed by atoms with E-state index in [1.165, 1.54) is 0 Å². The molecule has 1 N–H and O–H groups in total. The van der Waals surface area contributed by atoms with E-state index in [-0.39, 0.29) is 12.1 Å². The highest BCUT2D eigenvalue weighted by molar-refractivity contribution is 4.69. The average Bonchev–Trinajstić information content (AvgIpc) is 2.12. The smallest absolute Gasteiger partial charge is 0.369 e. The van der Waals surface area contributed by atoms with E-state index in [0.29, 0.717) is 6.42 Å². The van der Waals surface area contributed by atoms with Crippen LogP contribution in [0.4, 0.5) is 13.2 Å². The fourth-order valence-corrected chi connectivity index (χ4v) is 1.22. The van der Waals surface area contributed by atoms with Crippen LogP contribution in [0.5, 0.6) is 0 Å². The van der Waals surface area contributed by atoms with Gasteiger partial charge in [-0.05, 0) is 53.5 Å². The Labute approximate surface area is 102 Å². The second kappa shape index (κ2) is 7.21. The van der Waals surface area contributed by atoms with Gasteiger partial charge in [-0.25, -0.2) is 0 Å². The zero-order valence-electron chi connectivity index (χ0n) is 11.2. The van der Waals surface area contributed by atoms with E-state index in [0.717, 1.165) is 26.3 Å². The Hall–Kier alpha value is -0.290. The van der Waals surface area contributed by atoms with E-state index in [4.69, 9.17) is 4.74 Å². The van der Waals surface area contributed by atoms with Gasteiger partial charge >= 0.3 is 6.18 Å². The summed E-state index contributed by atoms with van der Waals surface area (Å²) in [4.78, 5) is 0. The lowest BCUT2D eigenvalue weighted by atomic mass is 10.1. The van der Waals surface area contributed by atoms with Crippen LogP contribution in [0.2, 0.25) is 0 Å². The predicted octanol–water partition coefficient (Wildman–Crippen LogP) is 3.51. The number of ether oxygens (including phenoxy) is 1. The number of hydrogen-bond acceptors (Lipinski definition) is 2. The van der Waals surface area contributed by atoms with Gasteiger partial charge in [-0.3, -0.25) is 0 Å². The minimum atomic E-state index is -4.24. The van der Waals surface area contributed by atoms with Crippen molar-refractivity contribution in [1.29, 1.82) is 0 Å². The molecule has 0 aliphatic rings. The SMILES string of the molecule is CC(OCCCCCNC(C)(C)C)C(F)(F)F. The number of halogens is 3. The Morgan fingerprint density at radius 3 is 2.12 bits per heavy atom. The molecule has 0 saturated heterocycles. The summed E-state index contributed by atoms with van der Waals surface area (Å²) in [6.45, 7) is 8.36. The molecule has 104 valence electrons. The summed E-state index contributed by atoms with van der Waals surface area (Å²) in [7, 11) is 0. The van der Waals surface area contributed by atoms with Crippen LogP contribution in [-0.4, -0.2) is 31.0 Å². The highest BCUT2D eigenvalue weighted by atomic mass is 19.4. The predicted molar refractivity (Wildman–Crippen MR) is 63.1 cm³/mol. The monoisotopic (exact) mass is 255 g/mol. The van der Waals surface area contributed by atoms with Crippen molar-refractivity contribution in [3.8, 4) is 0 Å². The maximum atomic E-state index is 12.1. The van der Waals surface area contributed by atoms with Crippen LogP contribution in [0, 0.1) is 0 Å². The number of unbranched alkanes of at least 4 members (excludes halogenated alkanes) is 2. The first-order valence-electron chi connectivity index (χ1n) is 6.06. The van der Waals surface area contributed by atoms with Gasteiger partial charge in [0.1, 0.15) is 0 Å². The summed E-state index contributed by atoms with van der Waals surface area (Å²) in [5, 5.41) is 3.32. The number of rotatable bonds is 7. The number of nitrogens with one attached hydrogen (secondary N) is 1. The van der Waals surface area contributed by atoms with Gasteiger partial charge in [-0.15, -0.1) is 0 Å². The van der Waals surface area contributed by atoms with Crippen molar-refractivity contribution >= 4 is 0 Å². The van der Waals surface area contributed by atoms with Gasteiger partial charge < -0.3 is 10.1 Å². The van der Waals surface area contributed by atoms with Gasteiger partial charge in [0.2, 0.25) is 0 Å². The Morgan fingerprint density at radius 2 is 1.65 bits per heavy atom. The molecule has 0 radical (unpaired) electrons. The molecule has 0 rings (SSSR count). The van der Waals surface area contributed by atoms with Crippen LogP contribution in [0.15, 0.2) is 0 Å². The molecule has 0 amide bonds. The zero-order valence-corrected chi connectivity index (χ0v) is 11.2. The molecule has 1 atom stereocenters. The largest absolute Gasteiger partial charge is 0.414 e. The Morgan fingerprint density at radius 1 is 1.06 bits per heavy atom. The average molecular weight is 255 g/mol. The molecule has 0 aromatic heterocycles. The van der Waals surface area contributed by atoms with Gasteiger partial charge in [-0.2, -0.15) is 13.2 Å². The van der Waals surface area contributed by atoms with Gasteiger partial charge in [-0.1, -0.05) is 0 Å². The standard InChI is InChI=1S/C12H24F3NO/c1-10(12(13,14)15)17-9-7-5-6-8-16-11(2,3)4/h10,16H,5-9H2,1-4H3. The van der Waals surface area contributed by atoms with Gasteiger partial charge in [0.15, 0.2) is 6.10 Å². The van der Waals surface area contributed by atoms with E-state index in [9.17, 15) is 13.2 Å². The minimum Gasteiger partial charge on any atom is -0.369 e. The molecule has 0 aromatic carbocycles. The second-order valence-corrected chi connectivity index (χ2v) is 5.29. The fraction of sp³-hybridized carbons (Fsp3) is 1.00. The summed E-state index contributed by atoms with van der Waals surface area (Å²) in [5.41, 5.74) is 0.0985. The lowest BCUT2D eigenvalue weighted by molar-refractivity contribution is -0.214.